The van der Waals surface area contributed by atoms with Crippen molar-refractivity contribution in [2.24, 2.45) is 0 Å². The molecule has 2 amide bonds. The molecule has 0 aliphatic carbocycles. The molecule has 1 aliphatic heterocycles. The number of hydrogen-bond acceptors (Lipinski definition) is 6. The Balaban J connectivity index is 1.34. The molecule has 4 rings (SSSR count). The van der Waals surface area contributed by atoms with E-state index < -0.39 is 11.6 Å². The Kier molecular flexibility index (Phi) is 7.16. The van der Waals surface area contributed by atoms with Crippen LogP contribution in [0.1, 0.15) is 31.1 Å². The second-order valence-corrected chi connectivity index (χ2v) is 9.28. The van der Waals surface area contributed by atoms with Crippen molar-refractivity contribution in [3.05, 3.63) is 82.7 Å². The van der Waals surface area contributed by atoms with E-state index in [1.54, 1.807) is 17.0 Å². The van der Waals surface area contributed by atoms with Gasteiger partial charge in [-0.3, -0.25) is 19.3 Å². The van der Waals surface area contributed by atoms with E-state index in [2.05, 4.69) is 15.3 Å². The molecule has 0 radical (unpaired) electrons. The van der Waals surface area contributed by atoms with Crippen LogP contribution in [0.2, 0.25) is 0 Å². The third-order valence-corrected chi connectivity index (χ3v) is 6.17. The van der Waals surface area contributed by atoms with Gasteiger partial charge in [-0.15, -0.1) is 0 Å². The molecule has 188 valence electrons. The predicted molar refractivity (Wildman–Crippen MR) is 133 cm³/mol. The van der Waals surface area contributed by atoms with E-state index in [0.29, 0.717) is 42.5 Å². The Bertz CT molecular complexity index is 1270. The van der Waals surface area contributed by atoms with Crippen molar-refractivity contribution in [1.82, 2.24) is 19.8 Å². The molecule has 1 atom stereocenters. The monoisotopic (exact) mass is 493 g/mol. The van der Waals surface area contributed by atoms with Gasteiger partial charge in [0.2, 0.25) is 11.5 Å². The number of benzene rings is 1. The summed E-state index contributed by atoms with van der Waals surface area (Å²) in [6, 6.07) is 11.3. The number of H-pyrrole nitrogens is 1. The second kappa shape index (κ2) is 10.3. The molecule has 10 heteroatoms. The quantitative estimate of drug-likeness (QED) is 0.546. The summed E-state index contributed by atoms with van der Waals surface area (Å²) in [5, 5.41) is 2.82. The fraction of sp³-hybridized carbons (Fsp3) is 0.308. The number of nitrogens with one attached hydrogen (secondary N) is 2. The van der Waals surface area contributed by atoms with Gasteiger partial charge < -0.3 is 19.9 Å². The molecule has 0 spiro atoms. The zero-order valence-corrected chi connectivity index (χ0v) is 20.3. The lowest BCUT2D eigenvalue weighted by Gasteiger charge is -2.48. The lowest BCUT2D eigenvalue weighted by atomic mass is 9.96. The molecule has 0 bridgehead atoms. The largest absolute Gasteiger partial charge is 0.456 e. The van der Waals surface area contributed by atoms with Crippen LogP contribution in [0.4, 0.5) is 10.2 Å². The average molecular weight is 494 g/mol. The van der Waals surface area contributed by atoms with Gasteiger partial charge in [0.15, 0.2) is 0 Å². The molecule has 1 fully saturated rings. The normalized spacial score (nSPS) is 16.3. The number of pyridine rings is 2. The molecule has 2 N–H and O–H groups in total. The Morgan fingerprint density at radius 2 is 1.81 bits per heavy atom. The molecule has 3 heterocycles. The Hall–Kier alpha value is -4.05. The minimum Gasteiger partial charge on any atom is -0.456 e. The molecular formula is C26H28FN5O4. The van der Waals surface area contributed by atoms with E-state index in [9.17, 15) is 18.8 Å². The maximum atomic E-state index is 13.0. The van der Waals surface area contributed by atoms with Crippen LogP contribution in [-0.4, -0.2) is 62.8 Å². The van der Waals surface area contributed by atoms with E-state index in [1.165, 1.54) is 48.8 Å². The van der Waals surface area contributed by atoms with Gasteiger partial charge in [-0.2, -0.15) is 0 Å². The van der Waals surface area contributed by atoms with Gasteiger partial charge in [0.1, 0.15) is 23.1 Å². The lowest BCUT2D eigenvalue weighted by Crippen LogP contribution is -2.63. The zero-order valence-electron chi connectivity index (χ0n) is 20.3. The highest BCUT2D eigenvalue weighted by Crippen LogP contribution is 2.25. The van der Waals surface area contributed by atoms with Crippen molar-refractivity contribution in [2.45, 2.75) is 32.4 Å². The van der Waals surface area contributed by atoms with Crippen LogP contribution in [0.15, 0.2) is 65.7 Å². The average Bonchev–Trinajstić information content (AvgIpc) is 2.85. The maximum Gasteiger partial charge on any atom is 0.255 e. The molecule has 0 unspecified atom stereocenters. The zero-order chi connectivity index (χ0) is 25.9. The van der Waals surface area contributed by atoms with Crippen molar-refractivity contribution in [3.8, 4) is 11.5 Å². The standard InChI is InChI=1S/C26H28FN5O4/c1-17(24(34)30-22-10-9-21(15-28-22)36-20-7-5-19(27)6-8-20)31-12-13-32(26(2,3)16-31)25(35)18-4-11-23(33)29-14-18/h4-11,14-15,17H,12-13,16H2,1-3H3,(H,29,33)(H,28,30,34)/t17-/m0/s1. The van der Waals surface area contributed by atoms with E-state index in [4.69, 9.17) is 4.74 Å². The summed E-state index contributed by atoms with van der Waals surface area (Å²) >= 11 is 0. The smallest absolute Gasteiger partial charge is 0.255 e. The Labute approximate surface area is 207 Å². The van der Waals surface area contributed by atoms with E-state index in [-0.39, 0.29) is 23.2 Å². The summed E-state index contributed by atoms with van der Waals surface area (Å²) in [5.41, 5.74) is -0.378. The van der Waals surface area contributed by atoms with E-state index in [1.807, 2.05) is 25.7 Å². The van der Waals surface area contributed by atoms with Crippen molar-refractivity contribution in [1.29, 1.82) is 0 Å². The van der Waals surface area contributed by atoms with Gasteiger partial charge in [0, 0.05) is 31.9 Å². The number of halogens is 1. The number of carbonyl (C=O) groups excluding carboxylic acids is 2. The third-order valence-electron chi connectivity index (χ3n) is 6.17. The van der Waals surface area contributed by atoms with E-state index >= 15 is 0 Å². The highest BCUT2D eigenvalue weighted by molar-refractivity contribution is 5.95. The first kappa shape index (κ1) is 25.1. The Morgan fingerprint density at radius 1 is 1.08 bits per heavy atom. The van der Waals surface area contributed by atoms with Crippen LogP contribution in [0.5, 0.6) is 11.5 Å². The first-order valence-electron chi connectivity index (χ1n) is 11.6. The maximum absolute atomic E-state index is 13.0. The highest BCUT2D eigenvalue weighted by Gasteiger charge is 2.39. The third kappa shape index (κ3) is 5.77. The number of anilines is 1. The summed E-state index contributed by atoms with van der Waals surface area (Å²) < 4.78 is 18.7. The van der Waals surface area contributed by atoms with Gasteiger partial charge in [0.05, 0.1) is 23.3 Å². The van der Waals surface area contributed by atoms with Crippen LogP contribution in [0, 0.1) is 5.82 Å². The number of ether oxygens (including phenoxy) is 1. The number of hydrogen-bond donors (Lipinski definition) is 2. The number of amides is 2. The molecule has 0 saturated carbocycles. The minimum atomic E-state index is -0.530. The van der Waals surface area contributed by atoms with Gasteiger partial charge in [-0.05, 0) is 63.2 Å². The topological polar surface area (TPSA) is 108 Å². The fourth-order valence-electron chi connectivity index (χ4n) is 4.15. The van der Waals surface area contributed by atoms with Gasteiger partial charge in [0.25, 0.3) is 5.91 Å². The van der Waals surface area contributed by atoms with Crippen LogP contribution < -0.4 is 15.6 Å². The molecule has 2 aromatic heterocycles. The molecule has 9 nitrogen and oxygen atoms in total. The molecule has 1 saturated heterocycles. The van der Waals surface area contributed by atoms with Crippen molar-refractivity contribution in [2.75, 3.05) is 25.0 Å². The first-order valence-corrected chi connectivity index (χ1v) is 11.6. The van der Waals surface area contributed by atoms with Gasteiger partial charge in [-0.1, -0.05) is 0 Å². The van der Waals surface area contributed by atoms with Crippen molar-refractivity contribution in [3.63, 3.8) is 0 Å². The van der Waals surface area contributed by atoms with Crippen LogP contribution in [0.3, 0.4) is 0 Å². The molecule has 1 aromatic carbocycles. The lowest BCUT2D eigenvalue weighted by molar-refractivity contribution is -0.122. The molecule has 1 aliphatic rings. The van der Waals surface area contributed by atoms with Crippen LogP contribution >= 0.6 is 0 Å². The molecule has 36 heavy (non-hydrogen) atoms. The summed E-state index contributed by atoms with van der Waals surface area (Å²) in [6.45, 7) is 7.18. The fourth-order valence-corrected chi connectivity index (χ4v) is 4.15. The number of piperazine rings is 1. The molecule has 3 aromatic rings. The number of aromatic amines is 1. The van der Waals surface area contributed by atoms with E-state index in [0.717, 1.165) is 0 Å². The van der Waals surface area contributed by atoms with Gasteiger partial charge in [-0.25, -0.2) is 9.37 Å². The first-order chi connectivity index (χ1) is 17.1. The second-order valence-electron chi connectivity index (χ2n) is 9.28. The van der Waals surface area contributed by atoms with Gasteiger partial charge >= 0.3 is 0 Å². The number of carbonyl (C=O) groups is 2. The summed E-state index contributed by atoms with van der Waals surface area (Å²) in [6.07, 6.45) is 2.90. The van der Waals surface area contributed by atoms with Crippen molar-refractivity contribution >= 4 is 17.6 Å². The predicted octanol–water partition coefficient (Wildman–Crippen LogP) is 3.26. The van der Waals surface area contributed by atoms with Crippen LogP contribution in [-0.2, 0) is 4.79 Å². The molecular weight excluding hydrogens is 465 g/mol. The number of nitrogens with zero attached hydrogens (tertiary/aromatic N) is 3. The Morgan fingerprint density at radius 3 is 2.42 bits per heavy atom. The van der Waals surface area contributed by atoms with Crippen LogP contribution in [0.25, 0.3) is 0 Å². The minimum absolute atomic E-state index is 0.167. The van der Waals surface area contributed by atoms with Crippen molar-refractivity contribution < 1.29 is 18.7 Å². The number of rotatable bonds is 6. The highest BCUT2D eigenvalue weighted by atomic mass is 19.1. The SMILES string of the molecule is C[C@@H](C(=O)Nc1ccc(Oc2ccc(F)cc2)cn1)N1CCN(C(=O)c2ccc(=O)[nH]c2)C(C)(C)C1. The summed E-state index contributed by atoms with van der Waals surface area (Å²) in [5.74, 6) is 0.579. The summed E-state index contributed by atoms with van der Waals surface area (Å²) in [4.78, 5) is 47.8. The number of aromatic nitrogens is 2. The summed E-state index contributed by atoms with van der Waals surface area (Å²) in [7, 11) is 0.